The standard InChI is InChI=1S/C19H20FN3O2/c1-12(24)23(2)11-15-9-18(15)22-19(25)14-6-7-17(21-10-14)13-4-3-5-16(20)8-13/h3-8,10,15,18H,9,11H2,1-2H3,(H,22,25)/t15-,18+/m0/s1. The monoisotopic (exact) mass is 341 g/mol. The third-order valence-electron chi connectivity index (χ3n) is 4.43. The highest BCUT2D eigenvalue weighted by Crippen LogP contribution is 2.31. The molecule has 1 heterocycles. The van der Waals surface area contributed by atoms with Gasteiger partial charge in [-0.2, -0.15) is 0 Å². The van der Waals surface area contributed by atoms with Gasteiger partial charge in [-0.15, -0.1) is 0 Å². The van der Waals surface area contributed by atoms with Crippen molar-refractivity contribution in [3.63, 3.8) is 0 Å². The minimum Gasteiger partial charge on any atom is -0.349 e. The quantitative estimate of drug-likeness (QED) is 0.909. The van der Waals surface area contributed by atoms with Crippen molar-refractivity contribution < 1.29 is 14.0 Å². The van der Waals surface area contributed by atoms with E-state index in [2.05, 4.69) is 10.3 Å². The van der Waals surface area contributed by atoms with Crippen LogP contribution in [0.4, 0.5) is 4.39 Å². The topological polar surface area (TPSA) is 62.3 Å². The van der Waals surface area contributed by atoms with Crippen molar-refractivity contribution in [3.8, 4) is 11.3 Å². The van der Waals surface area contributed by atoms with Gasteiger partial charge in [0, 0.05) is 38.3 Å². The highest BCUT2D eigenvalue weighted by molar-refractivity contribution is 5.94. The van der Waals surface area contributed by atoms with E-state index in [0.717, 1.165) is 6.42 Å². The summed E-state index contributed by atoms with van der Waals surface area (Å²) in [6, 6.07) is 9.66. The Balaban J connectivity index is 1.58. The third-order valence-corrected chi connectivity index (χ3v) is 4.43. The number of pyridine rings is 1. The van der Waals surface area contributed by atoms with Crippen molar-refractivity contribution in [1.82, 2.24) is 15.2 Å². The number of nitrogens with zero attached hydrogens (tertiary/aromatic N) is 2. The fraction of sp³-hybridized carbons (Fsp3) is 0.316. The van der Waals surface area contributed by atoms with Crippen molar-refractivity contribution >= 4 is 11.8 Å². The van der Waals surface area contributed by atoms with Gasteiger partial charge in [0.15, 0.2) is 0 Å². The van der Waals surface area contributed by atoms with E-state index in [4.69, 9.17) is 0 Å². The minimum atomic E-state index is -0.323. The van der Waals surface area contributed by atoms with Crippen LogP contribution in [-0.4, -0.2) is 41.3 Å². The maximum atomic E-state index is 13.3. The number of carbonyl (C=O) groups is 2. The maximum absolute atomic E-state index is 13.3. The normalized spacial score (nSPS) is 18.5. The third kappa shape index (κ3) is 4.21. The summed E-state index contributed by atoms with van der Waals surface area (Å²) in [5.41, 5.74) is 1.75. The summed E-state index contributed by atoms with van der Waals surface area (Å²) in [4.78, 5) is 29.4. The van der Waals surface area contributed by atoms with Gasteiger partial charge in [0.1, 0.15) is 5.82 Å². The number of halogens is 1. The van der Waals surface area contributed by atoms with Crippen LogP contribution in [0.15, 0.2) is 42.6 Å². The van der Waals surface area contributed by atoms with Crippen LogP contribution in [0.25, 0.3) is 11.3 Å². The molecule has 1 aliphatic carbocycles. The molecule has 2 atom stereocenters. The molecule has 1 fully saturated rings. The molecular weight excluding hydrogens is 321 g/mol. The molecule has 1 aromatic carbocycles. The molecule has 0 saturated heterocycles. The molecule has 0 unspecified atom stereocenters. The Morgan fingerprint density at radius 1 is 1.32 bits per heavy atom. The van der Waals surface area contributed by atoms with E-state index >= 15 is 0 Å². The van der Waals surface area contributed by atoms with Gasteiger partial charge in [0.2, 0.25) is 5.91 Å². The molecule has 0 spiro atoms. The first-order valence-corrected chi connectivity index (χ1v) is 8.18. The van der Waals surface area contributed by atoms with Gasteiger partial charge in [-0.1, -0.05) is 12.1 Å². The molecule has 5 nitrogen and oxygen atoms in total. The molecule has 0 radical (unpaired) electrons. The number of hydrogen-bond acceptors (Lipinski definition) is 3. The molecule has 2 amide bonds. The van der Waals surface area contributed by atoms with Gasteiger partial charge in [0.25, 0.3) is 5.91 Å². The summed E-state index contributed by atoms with van der Waals surface area (Å²) in [6.07, 6.45) is 2.37. The molecule has 1 aliphatic rings. The van der Waals surface area contributed by atoms with Crippen LogP contribution < -0.4 is 5.32 Å². The van der Waals surface area contributed by atoms with E-state index in [0.29, 0.717) is 29.3 Å². The van der Waals surface area contributed by atoms with Gasteiger partial charge >= 0.3 is 0 Å². The number of aromatic nitrogens is 1. The molecule has 0 bridgehead atoms. The Morgan fingerprint density at radius 3 is 2.76 bits per heavy atom. The zero-order valence-electron chi connectivity index (χ0n) is 14.2. The first-order chi connectivity index (χ1) is 11.9. The second kappa shape index (κ2) is 7.01. The molecule has 0 aliphatic heterocycles. The molecule has 25 heavy (non-hydrogen) atoms. The van der Waals surface area contributed by atoms with Crippen LogP contribution in [0.1, 0.15) is 23.7 Å². The second-order valence-electron chi connectivity index (χ2n) is 6.42. The molecular formula is C19H20FN3O2. The molecule has 1 aromatic heterocycles. The van der Waals surface area contributed by atoms with Gasteiger partial charge in [0.05, 0.1) is 11.3 Å². The maximum Gasteiger partial charge on any atom is 0.253 e. The van der Waals surface area contributed by atoms with Gasteiger partial charge < -0.3 is 10.2 Å². The van der Waals surface area contributed by atoms with Crippen LogP contribution in [-0.2, 0) is 4.79 Å². The molecule has 2 aromatic rings. The van der Waals surface area contributed by atoms with Crippen LogP contribution in [0.2, 0.25) is 0 Å². The number of hydrogen-bond donors (Lipinski definition) is 1. The van der Waals surface area contributed by atoms with Gasteiger partial charge in [-0.25, -0.2) is 4.39 Å². The first-order valence-electron chi connectivity index (χ1n) is 8.18. The molecule has 6 heteroatoms. The fourth-order valence-corrected chi connectivity index (χ4v) is 2.70. The summed E-state index contributed by atoms with van der Waals surface area (Å²) in [5, 5.41) is 2.96. The Morgan fingerprint density at radius 2 is 2.12 bits per heavy atom. The van der Waals surface area contributed by atoms with Crippen LogP contribution >= 0.6 is 0 Å². The lowest BCUT2D eigenvalue weighted by Gasteiger charge is -2.14. The SMILES string of the molecule is CC(=O)N(C)C[C@@H]1C[C@H]1NC(=O)c1ccc(-c2cccc(F)c2)nc1. The lowest BCUT2D eigenvalue weighted by atomic mass is 10.1. The second-order valence-corrected chi connectivity index (χ2v) is 6.42. The number of rotatable bonds is 5. The lowest BCUT2D eigenvalue weighted by Crippen LogP contribution is -2.31. The summed E-state index contributed by atoms with van der Waals surface area (Å²) in [7, 11) is 1.76. The summed E-state index contributed by atoms with van der Waals surface area (Å²) >= 11 is 0. The Labute approximate surface area is 145 Å². The minimum absolute atomic E-state index is 0.0223. The van der Waals surface area contributed by atoms with E-state index < -0.39 is 0 Å². The first kappa shape index (κ1) is 17.1. The van der Waals surface area contributed by atoms with E-state index in [1.807, 2.05) is 0 Å². The largest absolute Gasteiger partial charge is 0.349 e. The van der Waals surface area contributed by atoms with Gasteiger partial charge in [-0.3, -0.25) is 14.6 Å². The van der Waals surface area contributed by atoms with Crippen molar-refractivity contribution in [2.24, 2.45) is 5.92 Å². The number of nitrogens with one attached hydrogen (secondary N) is 1. The Kier molecular flexibility index (Phi) is 4.79. The average molecular weight is 341 g/mol. The molecule has 130 valence electrons. The number of carbonyl (C=O) groups excluding carboxylic acids is 2. The van der Waals surface area contributed by atoms with E-state index in [9.17, 15) is 14.0 Å². The highest BCUT2D eigenvalue weighted by atomic mass is 19.1. The Hall–Kier alpha value is -2.76. The van der Waals surface area contributed by atoms with E-state index in [1.54, 1.807) is 36.2 Å². The van der Waals surface area contributed by atoms with Crippen molar-refractivity contribution in [1.29, 1.82) is 0 Å². The molecule has 3 rings (SSSR count). The molecule has 1 N–H and O–H groups in total. The Bertz CT molecular complexity index is 792. The highest BCUT2D eigenvalue weighted by Gasteiger charge is 2.39. The fourth-order valence-electron chi connectivity index (χ4n) is 2.70. The average Bonchev–Trinajstić information content (AvgIpc) is 3.32. The zero-order valence-corrected chi connectivity index (χ0v) is 14.2. The number of amides is 2. The van der Waals surface area contributed by atoms with Crippen molar-refractivity contribution in [2.75, 3.05) is 13.6 Å². The predicted octanol–water partition coefficient (Wildman–Crippen LogP) is 2.48. The predicted molar refractivity (Wildman–Crippen MR) is 92.3 cm³/mol. The van der Waals surface area contributed by atoms with Crippen molar-refractivity contribution in [2.45, 2.75) is 19.4 Å². The van der Waals surface area contributed by atoms with Crippen LogP contribution in [0.5, 0.6) is 0 Å². The van der Waals surface area contributed by atoms with Crippen LogP contribution in [0.3, 0.4) is 0 Å². The number of benzene rings is 1. The smallest absolute Gasteiger partial charge is 0.253 e. The summed E-state index contributed by atoms with van der Waals surface area (Å²) in [6.45, 7) is 2.18. The van der Waals surface area contributed by atoms with Gasteiger partial charge in [-0.05, 0) is 36.6 Å². The summed E-state index contributed by atoms with van der Waals surface area (Å²) in [5.74, 6) is -0.181. The van der Waals surface area contributed by atoms with E-state index in [-0.39, 0.29) is 23.7 Å². The van der Waals surface area contributed by atoms with E-state index in [1.165, 1.54) is 25.3 Å². The van der Waals surface area contributed by atoms with Crippen LogP contribution in [0, 0.1) is 11.7 Å². The van der Waals surface area contributed by atoms with Crippen molar-refractivity contribution in [3.05, 3.63) is 54.0 Å². The zero-order chi connectivity index (χ0) is 18.0. The lowest BCUT2D eigenvalue weighted by molar-refractivity contribution is -0.127. The summed E-state index contributed by atoms with van der Waals surface area (Å²) < 4.78 is 13.3. The molecule has 1 saturated carbocycles.